The van der Waals surface area contributed by atoms with Crippen LogP contribution in [-0.4, -0.2) is 34.7 Å². The molecule has 5 aromatic heterocycles. The predicted octanol–water partition coefficient (Wildman–Crippen LogP) is 4.97. The van der Waals surface area contributed by atoms with Gasteiger partial charge in [-0.15, -0.1) is 0 Å². The molecular formula is C24H19N7. The molecule has 0 bridgehead atoms. The molecule has 0 aliphatic rings. The van der Waals surface area contributed by atoms with Crippen LogP contribution in [0.25, 0.3) is 50.1 Å². The molecule has 150 valence electrons. The SMILES string of the molecule is Cc1cn(-c2ccnc3[nH]c(-c4n[nH]c5ccc(-c6cnccc6C)cc45)cc23)cn1. The van der Waals surface area contributed by atoms with Gasteiger partial charge in [-0.25, -0.2) is 9.97 Å². The van der Waals surface area contributed by atoms with Crippen LogP contribution in [0.5, 0.6) is 0 Å². The van der Waals surface area contributed by atoms with Gasteiger partial charge in [0.1, 0.15) is 11.3 Å². The minimum Gasteiger partial charge on any atom is -0.338 e. The van der Waals surface area contributed by atoms with E-state index in [0.29, 0.717) is 0 Å². The van der Waals surface area contributed by atoms with Crippen molar-refractivity contribution in [2.24, 2.45) is 0 Å². The normalized spacial score (nSPS) is 11.5. The Balaban J connectivity index is 1.52. The Morgan fingerprint density at radius 2 is 1.87 bits per heavy atom. The maximum atomic E-state index is 4.61. The first-order chi connectivity index (χ1) is 15.2. The van der Waals surface area contributed by atoms with E-state index in [1.165, 1.54) is 5.56 Å². The highest BCUT2D eigenvalue weighted by Crippen LogP contribution is 2.33. The van der Waals surface area contributed by atoms with Crippen LogP contribution >= 0.6 is 0 Å². The third-order valence-electron chi connectivity index (χ3n) is 5.67. The Hall–Kier alpha value is -4.26. The van der Waals surface area contributed by atoms with Crippen molar-refractivity contribution in [3.63, 3.8) is 0 Å². The molecule has 5 heterocycles. The standard InChI is InChI=1S/C24H19N7/c1-14-5-7-25-11-19(14)16-3-4-20-17(9-16)23(30-29-20)21-10-18-22(6-8-26-24(18)28-21)31-12-15(2)27-13-31/h3-13H,1-2H3,(H,26,28)(H,29,30). The zero-order valence-electron chi connectivity index (χ0n) is 17.1. The number of rotatable bonds is 3. The second-order valence-corrected chi connectivity index (χ2v) is 7.72. The summed E-state index contributed by atoms with van der Waals surface area (Å²) in [6, 6.07) is 12.4. The summed E-state index contributed by atoms with van der Waals surface area (Å²) in [5.74, 6) is 0. The summed E-state index contributed by atoms with van der Waals surface area (Å²) in [6.45, 7) is 4.08. The molecule has 0 spiro atoms. The molecule has 0 radical (unpaired) electrons. The molecule has 0 unspecified atom stereocenters. The molecule has 0 aliphatic heterocycles. The van der Waals surface area contributed by atoms with E-state index in [4.69, 9.17) is 0 Å². The van der Waals surface area contributed by atoms with Crippen molar-refractivity contribution < 1.29 is 0 Å². The molecule has 7 nitrogen and oxygen atoms in total. The van der Waals surface area contributed by atoms with Crippen LogP contribution in [0.15, 0.2) is 67.5 Å². The Labute approximate surface area is 177 Å². The number of aromatic nitrogens is 7. The number of hydrogen-bond acceptors (Lipinski definition) is 4. The van der Waals surface area contributed by atoms with E-state index >= 15 is 0 Å². The number of aromatic amines is 2. The van der Waals surface area contributed by atoms with Crippen LogP contribution in [0.1, 0.15) is 11.3 Å². The number of aryl methyl sites for hydroxylation is 2. The molecular weight excluding hydrogens is 386 g/mol. The summed E-state index contributed by atoms with van der Waals surface area (Å²) in [7, 11) is 0. The van der Waals surface area contributed by atoms with Gasteiger partial charge in [0.05, 0.1) is 28.9 Å². The number of nitrogens with zero attached hydrogens (tertiary/aromatic N) is 5. The van der Waals surface area contributed by atoms with Gasteiger partial charge in [0.15, 0.2) is 0 Å². The Morgan fingerprint density at radius 3 is 2.71 bits per heavy atom. The Bertz CT molecular complexity index is 1570. The van der Waals surface area contributed by atoms with Crippen molar-refractivity contribution >= 4 is 21.9 Å². The van der Waals surface area contributed by atoms with Crippen molar-refractivity contribution in [3.05, 3.63) is 78.8 Å². The van der Waals surface area contributed by atoms with E-state index in [1.807, 2.05) is 48.5 Å². The minimum atomic E-state index is 0.814. The summed E-state index contributed by atoms with van der Waals surface area (Å²) >= 11 is 0. The van der Waals surface area contributed by atoms with Crippen molar-refractivity contribution in [3.8, 4) is 28.2 Å². The van der Waals surface area contributed by atoms with Gasteiger partial charge < -0.3 is 9.55 Å². The van der Waals surface area contributed by atoms with Crippen LogP contribution in [0, 0.1) is 13.8 Å². The summed E-state index contributed by atoms with van der Waals surface area (Å²) in [5, 5.41) is 9.83. The molecule has 31 heavy (non-hydrogen) atoms. The molecule has 6 aromatic rings. The number of nitrogens with one attached hydrogen (secondary N) is 2. The lowest BCUT2D eigenvalue weighted by Gasteiger charge is -2.05. The van der Waals surface area contributed by atoms with E-state index in [0.717, 1.165) is 55.8 Å². The molecule has 0 saturated heterocycles. The molecule has 0 atom stereocenters. The number of benzene rings is 1. The Kier molecular flexibility index (Phi) is 3.76. The highest BCUT2D eigenvalue weighted by Gasteiger charge is 2.15. The highest BCUT2D eigenvalue weighted by atomic mass is 15.1. The third-order valence-corrected chi connectivity index (χ3v) is 5.67. The topological polar surface area (TPSA) is 88.1 Å². The van der Waals surface area contributed by atoms with E-state index in [-0.39, 0.29) is 0 Å². The van der Waals surface area contributed by atoms with E-state index in [9.17, 15) is 0 Å². The smallest absolute Gasteiger partial charge is 0.139 e. The lowest BCUT2D eigenvalue weighted by atomic mass is 10.0. The lowest BCUT2D eigenvalue weighted by molar-refractivity contribution is 1.06. The highest BCUT2D eigenvalue weighted by molar-refractivity contribution is 5.98. The largest absolute Gasteiger partial charge is 0.338 e. The van der Waals surface area contributed by atoms with Gasteiger partial charge >= 0.3 is 0 Å². The summed E-state index contributed by atoms with van der Waals surface area (Å²) in [6.07, 6.45) is 9.36. The second-order valence-electron chi connectivity index (χ2n) is 7.72. The van der Waals surface area contributed by atoms with Crippen LogP contribution in [0.2, 0.25) is 0 Å². The molecule has 0 amide bonds. The zero-order valence-corrected chi connectivity index (χ0v) is 17.1. The number of fused-ring (bicyclic) bond motifs is 2. The second kappa shape index (κ2) is 6.63. The van der Waals surface area contributed by atoms with E-state index in [1.54, 1.807) is 6.20 Å². The first kappa shape index (κ1) is 17.6. The maximum Gasteiger partial charge on any atom is 0.139 e. The van der Waals surface area contributed by atoms with Crippen molar-refractivity contribution in [1.29, 1.82) is 0 Å². The molecule has 0 aliphatic carbocycles. The van der Waals surface area contributed by atoms with Gasteiger partial charge in [0.25, 0.3) is 0 Å². The van der Waals surface area contributed by atoms with Crippen LogP contribution < -0.4 is 0 Å². The van der Waals surface area contributed by atoms with Gasteiger partial charge in [-0.05, 0) is 55.3 Å². The van der Waals surface area contributed by atoms with Gasteiger partial charge in [-0.1, -0.05) is 6.07 Å². The maximum absolute atomic E-state index is 4.61. The molecule has 7 heteroatoms. The molecule has 6 rings (SSSR count). The van der Waals surface area contributed by atoms with Gasteiger partial charge in [0.2, 0.25) is 0 Å². The van der Waals surface area contributed by atoms with Crippen LogP contribution in [-0.2, 0) is 0 Å². The average Bonchev–Trinajstić information content (AvgIpc) is 3.50. The van der Waals surface area contributed by atoms with E-state index in [2.05, 4.69) is 61.3 Å². The van der Waals surface area contributed by atoms with Crippen molar-refractivity contribution in [2.75, 3.05) is 0 Å². The summed E-state index contributed by atoms with van der Waals surface area (Å²) < 4.78 is 2.02. The lowest BCUT2D eigenvalue weighted by Crippen LogP contribution is -1.91. The number of H-pyrrole nitrogens is 2. The fourth-order valence-electron chi connectivity index (χ4n) is 4.07. The van der Waals surface area contributed by atoms with Gasteiger partial charge in [0, 0.05) is 41.1 Å². The predicted molar refractivity (Wildman–Crippen MR) is 121 cm³/mol. The molecule has 1 aromatic carbocycles. The van der Waals surface area contributed by atoms with Crippen LogP contribution in [0.4, 0.5) is 0 Å². The zero-order chi connectivity index (χ0) is 20.9. The first-order valence-corrected chi connectivity index (χ1v) is 10.1. The number of imidazole rings is 1. The van der Waals surface area contributed by atoms with Crippen molar-refractivity contribution in [1.82, 2.24) is 34.7 Å². The molecule has 2 N–H and O–H groups in total. The number of pyridine rings is 2. The first-order valence-electron chi connectivity index (χ1n) is 10.1. The van der Waals surface area contributed by atoms with Gasteiger partial charge in [-0.2, -0.15) is 5.10 Å². The fourth-order valence-corrected chi connectivity index (χ4v) is 4.07. The van der Waals surface area contributed by atoms with Crippen molar-refractivity contribution in [2.45, 2.75) is 13.8 Å². The summed E-state index contributed by atoms with van der Waals surface area (Å²) in [5.41, 5.74) is 9.00. The quantitative estimate of drug-likeness (QED) is 0.435. The molecule has 0 fully saturated rings. The van der Waals surface area contributed by atoms with Crippen LogP contribution in [0.3, 0.4) is 0 Å². The Morgan fingerprint density at radius 1 is 0.935 bits per heavy atom. The monoisotopic (exact) mass is 405 g/mol. The number of hydrogen-bond donors (Lipinski definition) is 2. The summed E-state index contributed by atoms with van der Waals surface area (Å²) in [4.78, 5) is 16.6. The fraction of sp³-hybridized carbons (Fsp3) is 0.0833. The van der Waals surface area contributed by atoms with E-state index < -0.39 is 0 Å². The average molecular weight is 405 g/mol. The molecule has 0 saturated carbocycles. The minimum absolute atomic E-state index is 0.814. The third kappa shape index (κ3) is 2.82. The van der Waals surface area contributed by atoms with Gasteiger partial charge in [-0.3, -0.25) is 10.1 Å².